The van der Waals surface area contributed by atoms with Gasteiger partial charge in [-0.1, -0.05) is 18.2 Å². The van der Waals surface area contributed by atoms with Crippen LogP contribution in [0, 0.1) is 13.8 Å². The second kappa shape index (κ2) is 7.06. The van der Waals surface area contributed by atoms with E-state index in [1.807, 2.05) is 26.0 Å². The van der Waals surface area contributed by atoms with Crippen LogP contribution in [0.25, 0.3) is 0 Å². The predicted octanol–water partition coefficient (Wildman–Crippen LogP) is 2.62. The molecule has 0 aliphatic heterocycles. The molecule has 21 heavy (non-hydrogen) atoms. The van der Waals surface area contributed by atoms with Crippen LogP contribution in [0.4, 0.5) is 13.2 Å². The number of benzene rings is 1. The maximum absolute atomic E-state index is 12.0. The van der Waals surface area contributed by atoms with Crippen molar-refractivity contribution in [3.05, 3.63) is 34.9 Å². The van der Waals surface area contributed by atoms with Gasteiger partial charge in [-0.2, -0.15) is 13.2 Å². The molecule has 118 valence electrons. The number of carbonyl (C=O) groups excluding carboxylic acids is 1. The molecule has 3 nitrogen and oxygen atoms in total. The molecule has 0 fully saturated rings. The summed E-state index contributed by atoms with van der Waals surface area (Å²) in [6, 6.07) is 5.56. The molecule has 0 spiro atoms. The second-order valence-corrected chi connectivity index (χ2v) is 6.68. The summed E-state index contributed by atoms with van der Waals surface area (Å²) < 4.78 is 48.1. The molecule has 7 heteroatoms. The molecule has 0 aliphatic carbocycles. The average Bonchev–Trinajstić information content (AvgIpc) is 2.38. The van der Waals surface area contributed by atoms with Gasteiger partial charge in [-0.15, -0.1) is 0 Å². The molecule has 1 aromatic rings. The van der Waals surface area contributed by atoms with E-state index in [1.54, 1.807) is 11.4 Å². The smallest absolute Gasteiger partial charge is 0.346 e. The molecule has 1 N–H and O–H groups in total. The van der Waals surface area contributed by atoms with Gasteiger partial charge in [0.25, 0.3) is 0 Å². The zero-order chi connectivity index (χ0) is 16.2. The van der Waals surface area contributed by atoms with E-state index in [0.717, 1.165) is 16.7 Å². The third kappa shape index (κ3) is 5.87. The zero-order valence-corrected chi connectivity index (χ0v) is 12.9. The molecule has 1 aromatic carbocycles. The first-order chi connectivity index (χ1) is 9.60. The molecule has 0 bridgehead atoms. The van der Waals surface area contributed by atoms with Gasteiger partial charge in [0.15, 0.2) is 0 Å². The second-order valence-electron chi connectivity index (χ2n) is 4.92. The minimum Gasteiger partial charge on any atom is -0.346 e. The highest BCUT2D eigenvalue weighted by molar-refractivity contribution is 7.85. The third-order valence-electron chi connectivity index (χ3n) is 3.11. The number of amides is 1. The number of rotatable bonds is 5. The highest BCUT2D eigenvalue weighted by atomic mass is 32.2. The van der Waals surface area contributed by atoms with Crippen LogP contribution in [-0.4, -0.2) is 28.1 Å². The molecule has 0 aromatic heterocycles. The number of halogens is 3. The van der Waals surface area contributed by atoms with E-state index in [9.17, 15) is 22.2 Å². The third-order valence-corrected chi connectivity index (χ3v) is 4.73. The van der Waals surface area contributed by atoms with E-state index in [0.29, 0.717) is 0 Å². The lowest BCUT2D eigenvalue weighted by Gasteiger charge is -2.14. The zero-order valence-electron chi connectivity index (χ0n) is 12.1. The largest absolute Gasteiger partial charge is 0.405 e. The van der Waals surface area contributed by atoms with Crippen molar-refractivity contribution >= 4 is 16.7 Å². The standard InChI is InChI=1S/C14H18F3NO2S/c1-9-4-5-12(6-10(9)2)7-21(20)11(3)13(19)18-8-14(15,16)17/h4-6,11H,7-8H2,1-3H3,(H,18,19)/t11-,21+/m0/s1. The summed E-state index contributed by atoms with van der Waals surface area (Å²) >= 11 is 0. The molecular weight excluding hydrogens is 303 g/mol. The van der Waals surface area contributed by atoms with Crippen LogP contribution < -0.4 is 5.32 Å². The quantitative estimate of drug-likeness (QED) is 0.906. The summed E-state index contributed by atoms with van der Waals surface area (Å²) in [4.78, 5) is 11.5. The van der Waals surface area contributed by atoms with Crippen LogP contribution >= 0.6 is 0 Å². The number of aryl methyl sites for hydroxylation is 2. The fourth-order valence-corrected chi connectivity index (χ4v) is 2.71. The van der Waals surface area contributed by atoms with Gasteiger partial charge in [0.1, 0.15) is 11.8 Å². The number of nitrogens with one attached hydrogen (secondary N) is 1. The molecule has 2 atom stereocenters. The molecule has 0 saturated carbocycles. The first-order valence-corrected chi connectivity index (χ1v) is 7.76. The minimum absolute atomic E-state index is 0.141. The van der Waals surface area contributed by atoms with Crippen LogP contribution in [0.5, 0.6) is 0 Å². The van der Waals surface area contributed by atoms with Gasteiger partial charge < -0.3 is 5.32 Å². The van der Waals surface area contributed by atoms with E-state index in [1.165, 1.54) is 6.92 Å². The Morgan fingerprint density at radius 1 is 1.29 bits per heavy atom. The molecule has 0 unspecified atom stereocenters. The van der Waals surface area contributed by atoms with Gasteiger partial charge >= 0.3 is 6.18 Å². The fraction of sp³-hybridized carbons (Fsp3) is 0.500. The molecule has 1 rings (SSSR count). The number of hydrogen-bond acceptors (Lipinski definition) is 2. The van der Waals surface area contributed by atoms with Crippen molar-refractivity contribution in [2.75, 3.05) is 6.54 Å². The highest BCUT2D eigenvalue weighted by Crippen LogP contribution is 2.14. The molecule has 0 radical (unpaired) electrons. The van der Waals surface area contributed by atoms with Gasteiger partial charge in [0, 0.05) is 16.6 Å². The lowest BCUT2D eigenvalue weighted by atomic mass is 10.1. The predicted molar refractivity (Wildman–Crippen MR) is 76.3 cm³/mol. The van der Waals surface area contributed by atoms with Crippen LogP contribution in [0.1, 0.15) is 23.6 Å². The number of hydrogen-bond donors (Lipinski definition) is 1. The Labute approximate surface area is 124 Å². The van der Waals surface area contributed by atoms with Gasteiger partial charge in [-0.3, -0.25) is 9.00 Å². The average molecular weight is 321 g/mol. The van der Waals surface area contributed by atoms with E-state index >= 15 is 0 Å². The SMILES string of the molecule is Cc1ccc(C[S@@](=O)[C@@H](C)C(=O)NCC(F)(F)F)cc1C. The molecule has 0 saturated heterocycles. The molecule has 0 heterocycles. The summed E-state index contributed by atoms with van der Waals surface area (Å²) in [6.45, 7) is 3.82. The summed E-state index contributed by atoms with van der Waals surface area (Å²) in [5.74, 6) is -0.712. The Kier molecular flexibility index (Phi) is 5.95. The van der Waals surface area contributed by atoms with Gasteiger partial charge in [0.05, 0.1) is 0 Å². The first kappa shape index (κ1) is 17.7. The Morgan fingerprint density at radius 3 is 2.43 bits per heavy atom. The van der Waals surface area contributed by atoms with Gasteiger partial charge in [-0.05, 0) is 37.5 Å². The summed E-state index contributed by atoms with van der Waals surface area (Å²) in [5.41, 5.74) is 2.94. The highest BCUT2D eigenvalue weighted by Gasteiger charge is 2.29. The Morgan fingerprint density at radius 2 is 1.90 bits per heavy atom. The van der Waals surface area contributed by atoms with Gasteiger partial charge in [-0.25, -0.2) is 0 Å². The summed E-state index contributed by atoms with van der Waals surface area (Å²) in [6.07, 6.45) is -4.47. The maximum Gasteiger partial charge on any atom is 0.405 e. The lowest BCUT2D eigenvalue weighted by molar-refractivity contribution is -0.137. The van der Waals surface area contributed by atoms with Crippen molar-refractivity contribution in [2.45, 2.75) is 38.0 Å². The van der Waals surface area contributed by atoms with E-state index in [4.69, 9.17) is 0 Å². The summed E-state index contributed by atoms with van der Waals surface area (Å²) in [5, 5.41) is 0.761. The van der Waals surface area contributed by atoms with Crippen LogP contribution in [0.15, 0.2) is 18.2 Å². The summed E-state index contributed by atoms with van der Waals surface area (Å²) in [7, 11) is -1.57. The maximum atomic E-state index is 12.0. The van der Waals surface area contributed by atoms with Gasteiger partial charge in [0.2, 0.25) is 5.91 Å². The Balaban J connectivity index is 2.61. The van der Waals surface area contributed by atoms with E-state index < -0.39 is 34.7 Å². The van der Waals surface area contributed by atoms with Crippen LogP contribution in [0.3, 0.4) is 0 Å². The van der Waals surface area contributed by atoms with Crippen molar-refractivity contribution in [1.29, 1.82) is 0 Å². The fourth-order valence-electron chi connectivity index (χ4n) is 1.63. The Hall–Kier alpha value is -1.37. The van der Waals surface area contributed by atoms with Crippen molar-refractivity contribution in [3.63, 3.8) is 0 Å². The number of alkyl halides is 3. The van der Waals surface area contributed by atoms with Crippen LogP contribution in [-0.2, 0) is 21.3 Å². The van der Waals surface area contributed by atoms with Crippen LogP contribution in [0.2, 0.25) is 0 Å². The molecule has 0 aliphatic rings. The van der Waals surface area contributed by atoms with E-state index in [2.05, 4.69) is 0 Å². The van der Waals surface area contributed by atoms with Crippen molar-refractivity contribution in [2.24, 2.45) is 0 Å². The minimum atomic E-state index is -4.47. The van der Waals surface area contributed by atoms with Crippen molar-refractivity contribution in [1.82, 2.24) is 5.32 Å². The lowest BCUT2D eigenvalue weighted by Crippen LogP contribution is -2.40. The molecular formula is C14H18F3NO2S. The Bertz CT molecular complexity index is 544. The molecule has 1 amide bonds. The number of carbonyl (C=O) groups is 1. The van der Waals surface area contributed by atoms with Crippen molar-refractivity contribution in [3.8, 4) is 0 Å². The topological polar surface area (TPSA) is 46.2 Å². The first-order valence-electron chi connectivity index (χ1n) is 6.38. The monoisotopic (exact) mass is 321 g/mol. The normalized spacial score (nSPS) is 14.6. The van der Waals surface area contributed by atoms with E-state index in [-0.39, 0.29) is 5.75 Å². The van der Waals surface area contributed by atoms with Crippen molar-refractivity contribution < 1.29 is 22.2 Å².